The molecule has 2 aliphatic heterocycles. The molecule has 0 aromatic carbocycles. The van der Waals surface area contributed by atoms with Crippen molar-refractivity contribution < 1.29 is 19.4 Å². The van der Waals surface area contributed by atoms with E-state index in [0.717, 1.165) is 0 Å². The maximum atomic E-state index is 12.6. The summed E-state index contributed by atoms with van der Waals surface area (Å²) in [5.74, 6) is -1.16. The van der Waals surface area contributed by atoms with Gasteiger partial charge in [0.2, 0.25) is 5.91 Å². The first-order valence-corrected chi connectivity index (χ1v) is 6.84. The molecule has 0 aliphatic carbocycles. The average Bonchev–Trinajstić information content (AvgIpc) is 2.38. The van der Waals surface area contributed by atoms with E-state index in [1.54, 1.807) is 4.90 Å². The number of hydrogen-bond acceptors (Lipinski definition) is 4. The van der Waals surface area contributed by atoms with Crippen LogP contribution in [0.4, 0.5) is 0 Å². The molecule has 2 unspecified atom stereocenters. The van der Waals surface area contributed by atoms with Gasteiger partial charge < -0.3 is 20.5 Å². The lowest BCUT2D eigenvalue weighted by molar-refractivity contribution is -0.151. The van der Waals surface area contributed by atoms with E-state index in [0.29, 0.717) is 45.4 Å². The number of carbonyl (C=O) groups excluding carboxylic acids is 1. The summed E-state index contributed by atoms with van der Waals surface area (Å²) in [6.45, 7) is 3.41. The van der Waals surface area contributed by atoms with Gasteiger partial charge in [0.25, 0.3) is 0 Å². The molecule has 2 heterocycles. The molecule has 1 amide bonds. The molecule has 2 saturated heterocycles. The van der Waals surface area contributed by atoms with E-state index in [2.05, 4.69) is 0 Å². The van der Waals surface area contributed by atoms with Crippen LogP contribution in [0, 0.1) is 5.92 Å². The Morgan fingerprint density at radius 2 is 2.00 bits per heavy atom. The number of aliphatic carboxylic acids is 1. The minimum Gasteiger partial charge on any atom is -0.481 e. The topological polar surface area (TPSA) is 92.9 Å². The maximum Gasteiger partial charge on any atom is 0.306 e. The molecule has 6 heteroatoms. The Kier molecular flexibility index (Phi) is 4.10. The first-order valence-electron chi connectivity index (χ1n) is 6.84. The monoisotopic (exact) mass is 270 g/mol. The van der Waals surface area contributed by atoms with Gasteiger partial charge >= 0.3 is 5.97 Å². The molecular weight excluding hydrogens is 248 g/mol. The summed E-state index contributed by atoms with van der Waals surface area (Å²) in [6, 6.07) is -0.0642. The molecule has 0 saturated carbocycles. The summed E-state index contributed by atoms with van der Waals surface area (Å²) >= 11 is 0. The number of carboxylic acid groups (broad SMARTS) is 1. The molecule has 108 valence electrons. The van der Waals surface area contributed by atoms with Gasteiger partial charge in [-0.05, 0) is 32.6 Å². The Morgan fingerprint density at radius 3 is 2.53 bits per heavy atom. The predicted molar refractivity (Wildman–Crippen MR) is 68.5 cm³/mol. The van der Waals surface area contributed by atoms with E-state index in [1.165, 1.54) is 0 Å². The quantitative estimate of drug-likeness (QED) is 0.748. The minimum atomic E-state index is -0.831. The van der Waals surface area contributed by atoms with Crippen molar-refractivity contribution in [1.82, 2.24) is 4.90 Å². The standard InChI is InChI=1S/C13H22N2O4/c1-9-8-10(11(16)17)2-5-15(9)12(18)13(14)3-6-19-7-4-13/h9-10H,2-8,14H2,1H3,(H,16,17). The smallest absolute Gasteiger partial charge is 0.306 e. The summed E-state index contributed by atoms with van der Waals surface area (Å²) in [5, 5.41) is 9.04. The zero-order chi connectivity index (χ0) is 14.0. The molecule has 0 radical (unpaired) electrons. The largest absolute Gasteiger partial charge is 0.481 e. The molecule has 2 aliphatic rings. The molecule has 19 heavy (non-hydrogen) atoms. The third-order valence-electron chi connectivity index (χ3n) is 4.30. The van der Waals surface area contributed by atoms with Crippen molar-refractivity contribution in [2.75, 3.05) is 19.8 Å². The van der Waals surface area contributed by atoms with Crippen LogP contribution in [0.3, 0.4) is 0 Å². The Bertz CT molecular complexity index is 366. The number of piperidine rings is 1. The molecule has 0 bridgehead atoms. The highest BCUT2D eigenvalue weighted by Gasteiger charge is 2.42. The number of likely N-dealkylation sites (tertiary alicyclic amines) is 1. The first kappa shape index (κ1) is 14.3. The predicted octanol–water partition coefficient (Wildman–Crippen LogP) is 0.206. The molecule has 6 nitrogen and oxygen atoms in total. The van der Waals surface area contributed by atoms with Gasteiger partial charge in [-0.1, -0.05) is 0 Å². The summed E-state index contributed by atoms with van der Waals surface area (Å²) < 4.78 is 5.25. The SMILES string of the molecule is CC1CC(C(=O)O)CCN1C(=O)C1(N)CCOCC1. The van der Waals surface area contributed by atoms with E-state index in [-0.39, 0.29) is 17.9 Å². The molecule has 2 rings (SSSR count). The van der Waals surface area contributed by atoms with E-state index >= 15 is 0 Å². The van der Waals surface area contributed by atoms with Crippen LogP contribution in [0.2, 0.25) is 0 Å². The van der Waals surface area contributed by atoms with Crippen molar-refractivity contribution >= 4 is 11.9 Å². The lowest BCUT2D eigenvalue weighted by atomic mass is 9.86. The number of nitrogens with zero attached hydrogens (tertiary/aromatic N) is 1. The fourth-order valence-electron chi connectivity index (χ4n) is 2.93. The van der Waals surface area contributed by atoms with Gasteiger partial charge in [-0.15, -0.1) is 0 Å². The van der Waals surface area contributed by atoms with Gasteiger partial charge in [-0.25, -0.2) is 0 Å². The molecule has 0 spiro atoms. The minimum absolute atomic E-state index is 0.0489. The van der Waals surface area contributed by atoms with E-state index in [4.69, 9.17) is 15.6 Å². The Hall–Kier alpha value is -1.14. The van der Waals surface area contributed by atoms with Crippen molar-refractivity contribution in [3.8, 4) is 0 Å². The zero-order valence-electron chi connectivity index (χ0n) is 11.3. The fraction of sp³-hybridized carbons (Fsp3) is 0.846. The summed E-state index contributed by atoms with van der Waals surface area (Å²) in [4.78, 5) is 25.3. The summed E-state index contributed by atoms with van der Waals surface area (Å²) in [6.07, 6.45) is 2.10. The van der Waals surface area contributed by atoms with Crippen molar-refractivity contribution in [1.29, 1.82) is 0 Å². The Labute approximate surface area is 112 Å². The number of ether oxygens (including phenoxy) is 1. The third-order valence-corrected chi connectivity index (χ3v) is 4.30. The van der Waals surface area contributed by atoms with Crippen LogP contribution in [0.25, 0.3) is 0 Å². The summed E-state index contributed by atoms with van der Waals surface area (Å²) in [7, 11) is 0. The second-order valence-corrected chi connectivity index (χ2v) is 5.68. The maximum absolute atomic E-state index is 12.6. The molecule has 0 aromatic heterocycles. The lowest BCUT2D eigenvalue weighted by Gasteiger charge is -2.42. The number of nitrogens with two attached hydrogens (primary N) is 1. The highest BCUT2D eigenvalue weighted by molar-refractivity contribution is 5.86. The number of rotatable bonds is 2. The van der Waals surface area contributed by atoms with Crippen molar-refractivity contribution in [2.24, 2.45) is 11.7 Å². The molecule has 3 N–H and O–H groups in total. The Morgan fingerprint density at radius 1 is 1.37 bits per heavy atom. The highest BCUT2D eigenvalue weighted by Crippen LogP contribution is 2.28. The van der Waals surface area contributed by atoms with Crippen LogP contribution >= 0.6 is 0 Å². The Balaban J connectivity index is 2.02. The summed E-state index contributed by atoms with van der Waals surface area (Å²) in [5.41, 5.74) is 5.37. The number of hydrogen-bond donors (Lipinski definition) is 2. The second-order valence-electron chi connectivity index (χ2n) is 5.68. The van der Waals surface area contributed by atoms with Gasteiger partial charge in [-0.3, -0.25) is 9.59 Å². The highest BCUT2D eigenvalue weighted by atomic mass is 16.5. The molecule has 0 aromatic rings. The first-order chi connectivity index (χ1) is 8.94. The lowest BCUT2D eigenvalue weighted by Crippen LogP contribution is -2.61. The molecule has 2 fully saturated rings. The normalized spacial score (nSPS) is 30.9. The van der Waals surface area contributed by atoms with Gasteiger partial charge in [0.05, 0.1) is 11.5 Å². The molecule has 2 atom stereocenters. The van der Waals surface area contributed by atoms with Crippen molar-refractivity contribution in [3.05, 3.63) is 0 Å². The number of carbonyl (C=O) groups is 2. The van der Waals surface area contributed by atoms with E-state index < -0.39 is 11.5 Å². The number of carboxylic acids is 1. The van der Waals surface area contributed by atoms with Crippen LogP contribution < -0.4 is 5.73 Å². The van der Waals surface area contributed by atoms with Crippen molar-refractivity contribution in [2.45, 2.75) is 44.2 Å². The van der Waals surface area contributed by atoms with Crippen LogP contribution in [-0.4, -0.2) is 53.2 Å². The fourth-order valence-corrected chi connectivity index (χ4v) is 2.93. The van der Waals surface area contributed by atoms with Gasteiger partial charge in [-0.2, -0.15) is 0 Å². The second kappa shape index (κ2) is 5.46. The average molecular weight is 270 g/mol. The van der Waals surface area contributed by atoms with E-state index in [9.17, 15) is 9.59 Å². The van der Waals surface area contributed by atoms with Crippen molar-refractivity contribution in [3.63, 3.8) is 0 Å². The van der Waals surface area contributed by atoms with E-state index in [1.807, 2.05) is 6.92 Å². The van der Waals surface area contributed by atoms with Gasteiger partial charge in [0, 0.05) is 25.8 Å². The van der Waals surface area contributed by atoms with Gasteiger partial charge in [0.15, 0.2) is 0 Å². The van der Waals surface area contributed by atoms with Crippen LogP contribution in [0.1, 0.15) is 32.6 Å². The third kappa shape index (κ3) is 2.90. The number of amides is 1. The molecular formula is C13H22N2O4. The van der Waals surface area contributed by atoms with Crippen LogP contribution in [0.15, 0.2) is 0 Å². The zero-order valence-corrected chi connectivity index (χ0v) is 11.3. The van der Waals surface area contributed by atoms with Crippen LogP contribution in [0.5, 0.6) is 0 Å². The van der Waals surface area contributed by atoms with Crippen LogP contribution in [-0.2, 0) is 14.3 Å². The van der Waals surface area contributed by atoms with Gasteiger partial charge in [0.1, 0.15) is 0 Å².